The smallest absolute Gasteiger partial charge is 0.303 e. The van der Waals surface area contributed by atoms with Crippen LogP contribution in [0.1, 0.15) is 47.0 Å². The number of hydrogen-bond acceptors (Lipinski definition) is 6. The molecule has 6 nitrogen and oxygen atoms in total. The lowest BCUT2D eigenvalue weighted by Crippen LogP contribution is -2.61. The van der Waals surface area contributed by atoms with E-state index in [0.717, 1.165) is 12.0 Å². The molecule has 4 rings (SSSR count). The molecule has 0 aromatic heterocycles. The first-order valence-corrected chi connectivity index (χ1v) is 10.0. The SMILES string of the molecule is C=C1[C@H](C)CC[C@]2(C)C3=C(C(=O)[C@]4(C[C@@H]4C)[C@@H](O)C3=O)[C@H](OC(C)=O)[C@@H](O)[C@@H]12. The number of ether oxygens (including phenoxy) is 1. The van der Waals surface area contributed by atoms with Crippen LogP contribution in [0.25, 0.3) is 0 Å². The van der Waals surface area contributed by atoms with Gasteiger partial charge >= 0.3 is 5.97 Å². The normalized spacial score (nSPS) is 47.7. The predicted molar refractivity (Wildman–Crippen MR) is 100.0 cm³/mol. The van der Waals surface area contributed by atoms with Gasteiger partial charge in [0.2, 0.25) is 0 Å². The first kappa shape index (κ1) is 19.5. The summed E-state index contributed by atoms with van der Waals surface area (Å²) in [5, 5.41) is 22.0. The Bertz CT molecular complexity index is 840. The molecule has 1 spiro atoms. The van der Waals surface area contributed by atoms with E-state index in [4.69, 9.17) is 4.74 Å². The Kier molecular flexibility index (Phi) is 4.09. The molecule has 0 aromatic carbocycles. The summed E-state index contributed by atoms with van der Waals surface area (Å²) in [7, 11) is 0. The summed E-state index contributed by atoms with van der Waals surface area (Å²) < 4.78 is 5.42. The maximum Gasteiger partial charge on any atom is 0.303 e. The third-order valence-corrected chi connectivity index (χ3v) is 7.90. The Hall–Kier alpha value is -1.79. The van der Waals surface area contributed by atoms with Gasteiger partial charge < -0.3 is 14.9 Å². The van der Waals surface area contributed by atoms with E-state index >= 15 is 0 Å². The maximum atomic E-state index is 13.5. The topological polar surface area (TPSA) is 101 Å². The molecule has 2 fully saturated rings. The molecule has 0 radical (unpaired) electrons. The minimum atomic E-state index is -1.38. The monoisotopic (exact) mass is 388 g/mol. The van der Waals surface area contributed by atoms with Crippen LogP contribution >= 0.6 is 0 Å². The molecule has 28 heavy (non-hydrogen) atoms. The van der Waals surface area contributed by atoms with Crippen molar-refractivity contribution in [1.82, 2.24) is 0 Å². The molecule has 4 aliphatic carbocycles. The number of ketones is 2. The van der Waals surface area contributed by atoms with Gasteiger partial charge in [-0.1, -0.05) is 32.9 Å². The van der Waals surface area contributed by atoms with E-state index < -0.39 is 46.8 Å². The fraction of sp³-hybridized carbons (Fsp3) is 0.682. The highest BCUT2D eigenvalue weighted by Crippen LogP contribution is 2.65. The minimum Gasteiger partial charge on any atom is -0.455 e. The molecule has 4 aliphatic rings. The zero-order valence-electron chi connectivity index (χ0n) is 16.8. The molecular formula is C22H28O6. The average Bonchev–Trinajstić information content (AvgIpc) is 3.29. The number of Topliss-reactive ketones (excluding diaryl/α,β-unsaturated/α-hetero) is 2. The van der Waals surface area contributed by atoms with Crippen molar-refractivity contribution in [1.29, 1.82) is 0 Å². The number of carbonyl (C=O) groups is 3. The van der Waals surface area contributed by atoms with Crippen molar-refractivity contribution >= 4 is 17.5 Å². The summed E-state index contributed by atoms with van der Waals surface area (Å²) in [4.78, 5) is 38.7. The number of aliphatic hydroxyl groups is 2. The number of carbonyl (C=O) groups excluding carboxylic acids is 3. The first-order chi connectivity index (χ1) is 13.0. The van der Waals surface area contributed by atoms with E-state index in [1.54, 1.807) is 0 Å². The maximum absolute atomic E-state index is 13.5. The van der Waals surface area contributed by atoms with Gasteiger partial charge in [0.1, 0.15) is 12.2 Å². The molecule has 0 heterocycles. The van der Waals surface area contributed by atoms with Crippen molar-refractivity contribution in [3.63, 3.8) is 0 Å². The summed E-state index contributed by atoms with van der Waals surface area (Å²) in [5.41, 5.74) is -0.828. The fourth-order valence-corrected chi connectivity index (χ4v) is 6.10. The molecule has 152 valence electrons. The van der Waals surface area contributed by atoms with E-state index in [1.165, 1.54) is 6.92 Å². The Balaban J connectivity index is 1.97. The Morgan fingerprint density at radius 3 is 2.39 bits per heavy atom. The lowest BCUT2D eigenvalue weighted by molar-refractivity contribution is -0.160. The number of esters is 1. The van der Waals surface area contributed by atoms with Crippen LogP contribution in [0.5, 0.6) is 0 Å². The molecule has 0 bridgehead atoms. The zero-order chi connectivity index (χ0) is 20.8. The first-order valence-electron chi connectivity index (χ1n) is 10.0. The second kappa shape index (κ2) is 5.86. The van der Waals surface area contributed by atoms with E-state index in [0.29, 0.717) is 12.8 Å². The van der Waals surface area contributed by atoms with E-state index in [-0.39, 0.29) is 28.8 Å². The van der Waals surface area contributed by atoms with Crippen LogP contribution in [0.4, 0.5) is 0 Å². The lowest BCUT2D eigenvalue weighted by atomic mass is 9.50. The Morgan fingerprint density at radius 2 is 1.86 bits per heavy atom. The van der Waals surface area contributed by atoms with Gasteiger partial charge in [-0.15, -0.1) is 0 Å². The molecule has 8 atom stereocenters. The Morgan fingerprint density at radius 1 is 1.25 bits per heavy atom. The zero-order valence-corrected chi connectivity index (χ0v) is 16.8. The number of aliphatic hydroxyl groups excluding tert-OH is 2. The van der Waals surface area contributed by atoms with Crippen LogP contribution < -0.4 is 0 Å². The van der Waals surface area contributed by atoms with Gasteiger partial charge in [0, 0.05) is 29.4 Å². The van der Waals surface area contributed by atoms with Crippen LogP contribution in [0.3, 0.4) is 0 Å². The molecule has 0 aliphatic heterocycles. The molecule has 6 heteroatoms. The molecule has 0 unspecified atom stereocenters. The lowest BCUT2D eigenvalue weighted by Gasteiger charge is -2.55. The van der Waals surface area contributed by atoms with Crippen molar-refractivity contribution in [3.05, 3.63) is 23.3 Å². The van der Waals surface area contributed by atoms with Gasteiger partial charge in [-0.05, 0) is 31.1 Å². The highest BCUT2D eigenvalue weighted by molar-refractivity contribution is 6.19. The molecule has 0 aromatic rings. The quantitative estimate of drug-likeness (QED) is 0.524. The van der Waals surface area contributed by atoms with Crippen molar-refractivity contribution in [2.45, 2.75) is 65.3 Å². The summed E-state index contributed by atoms with van der Waals surface area (Å²) in [6.07, 6.45) is -1.96. The largest absolute Gasteiger partial charge is 0.455 e. The summed E-state index contributed by atoms with van der Waals surface area (Å²) >= 11 is 0. The molecule has 2 saturated carbocycles. The summed E-state index contributed by atoms with van der Waals surface area (Å²) in [5.74, 6) is -1.95. The second-order valence-corrected chi connectivity index (χ2v) is 9.46. The second-order valence-electron chi connectivity index (χ2n) is 9.46. The molecule has 2 N–H and O–H groups in total. The number of hydrogen-bond donors (Lipinski definition) is 2. The van der Waals surface area contributed by atoms with Crippen LogP contribution in [-0.2, 0) is 19.1 Å². The van der Waals surface area contributed by atoms with Crippen LogP contribution in [0, 0.1) is 28.6 Å². The molecule has 0 saturated heterocycles. The highest BCUT2D eigenvalue weighted by atomic mass is 16.6. The van der Waals surface area contributed by atoms with Gasteiger partial charge in [0.25, 0.3) is 0 Å². The summed E-state index contributed by atoms with van der Waals surface area (Å²) in [6.45, 7) is 11.1. The van der Waals surface area contributed by atoms with E-state index in [1.807, 2.05) is 20.8 Å². The van der Waals surface area contributed by atoms with Crippen molar-refractivity contribution in [2.24, 2.45) is 28.6 Å². The van der Waals surface area contributed by atoms with E-state index in [2.05, 4.69) is 6.58 Å². The molecule has 0 amide bonds. The third kappa shape index (κ3) is 2.19. The summed E-state index contributed by atoms with van der Waals surface area (Å²) in [6, 6.07) is 0. The molecular weight excluding hydrogens is 360 g/mol. The standard InChI is InChI=1S/C22H28O6/c1-9-6-7-21(5)14(11(9)3)16(24)18(28-12(4)23)13-15(21)17(25)20(27)22(19(13)26)8-10(22)2/h9-10,14,16,18,20,24,27H,3,6-8H2,1-2,4-5H3/t9-,10+,14-,16+,18+,20+,21+,22-/m1/s1. The Labute approximate surface area is 164 Å². The van der Waals surface area contributed by atoms with Crippen molar-refractivity contribution < 1.29 is 29.3 Å². The van der Waals surface area contributed by atoms with Gasteiger partial charge in [0.15, 0.2) is 17.7 Å². The fourth-order valence-electron chi connectivity index (χ4n) is 6.10. The van der Waals surface area contributed by atoms with Crippen molar-refractivity contribution in [3.8, 4) is 0 Å². The van der Waals surface area contributed by atoms with Crippen LogP contribution in [0.15, 0.2) is 23.3 Å². The minimum absolute atomic E-state index is 0.100. The number of fused-ring (bicyclic) bond motifs is 2. The van der Waals surface area contributed by atoms with Crippen molar-refractivity contribution in [2.75, 3.05) is 0 Å². The van der Waals surface area contributed by atoms with Crippen LogP contribution in [0.2, 0.25) is 0 Å². The van der Waals surface area contributed by atoms with Crippen LogP contribution in [-0.4, -0.2) is 46.1 Å². The number of rotatable bonds is 1. The third-order valence-electron chi connectivity index (χ3n) is 7.90. The van der Waals surface area contributed by atoms with Gasteiger partial charge in [-0.3, -0.25) is 14.4 Å². The van der Waals surface area contributed by atoms with Gasteiger partial charge in [-0.2, -0.15) is 0 Å². The van der Waals surface area contributed by atoms with Gasteiger partial charge in [0.05, 0.1) is 5.41 Å². The average molecular weight is 388 g/mol. The van der Waals surface area contributed by atoms with Gasteiger partial charge in [-0.25, -0.2) is 0 Å². The predicted octanol–water partition coefficient (Wildman–Crippen LogP) is 1.74. The highest BCUT2D eigenvalue weighted by Gasteiger charge is 2.71. The van der Waals surface area contributed by atoms with E-state index in [9.17, 15) is 24.6 Å².